The zero-order valence-electron chi connectivity index (χ0n) is 11.3. The molecule has 3 N–H and O–H groups in total. The molecule has 0 aromatic heterocycles. The van der Waals surface area contributed by atoms with Crippen LogP contribution in [0.15, 0.2) is 18.2 Å². The first-order valence-electron chi connectivity index (χ1n) is 6.51. The summed E-state index contributed by atoms with van der Waals surface area (Å²) in [6.07, 6.45) is 0.406. The molecule has 20 heavy (non-hydrogen) atoms. The molecule has 1 aromatic carbocycles. The Morgan fingerprint density at radius 1 is 1.50 bits per heavy atom. The van der Waals surface area contributed by atoms with Crippen LogP contribution in [0.2, 0.25) is 0 Å². The predicted octanol–water partition coefficient (Wildman–Crippen LogP) is 1.73. The Kier molecular flexibility index (Phi) is 5.03. The lowest BCUT2D eigenvalue weighted by molar-refractivity contribution is -0.116. The van der Waals surface area contributed by atoms with Crippen molar-refractivity contribution in [2.24, 2.45) is 0 Å². The number of amides is 1. The molecule has 1 fully saturated rings. The van der Waals surface area contributed by atoms with Gasteiger partial charge in [-0.1, -0.05) is 6.07 Å². The Labute approximate surface area is 122 Å². The quantitative estimate of drug-likeness (QED) is 0.788. The van der Waals surface area contributed by atoms with Gasteiger partial charge < -0.3 is 15.7 Å². The zero-order chi connectivity index (χ0) is 14.5. The molecule has 1 aliphatic rings. The van der Waals surface area contributed by atoms with E-state index >= 15 is 0 Å². The number of nitrogens with one attached hydrogen (secondary N) is 2. The first-order valence-corrected chi connectivity index (χ1v) is 7.66. The van der Waals surface area contributed by atoms with E-state index in [9.17, 15) is 9.59 Å². The number of rotatable bonds is 4. The van der Waals surface area contributed by atoms with Crippen molar-refractivity contribution in [3.8, 4) is 0 Å². The van der Waals surface area contributed by atoms with Crippen LogP contribution in [0, 0.1) is 6.92 Å². The lowest BCUT2D eigenvalue weighted by atomic mass is 10.1. The summed E-state index contributed by atoms with van der Waals surface area (Å²) in [5.41, 5.74) is 1.60. The minimum absolute atomic E-state index is 0.0874. The molecule has 1 aliphatic heterocycles. The van der Waals surface area contributed by atoms with Crippen molar-refractivity contribution in [2.45, 2.75) is 19.4 Å². The number of carbonyl (C=O) groups is 2. The summed E-state index contributed by atoms with van der Waals surface area (Å²) < 4.78 is 0. The molecule has 1 amide bonds. The first-order chi connectivity index (χ1) is 9.56. The number of carboxylic acid groups (broad SMARTS) is 1. The van der Waals surface area contributed by atoms with Crippen molar-refractivity contribution >= 4 is 29.3 Å². The minimum atomic E-state index is -0.995. The molecule has 0 saturated carbocycles. The molecule has 1 unspecified atom stereocenters. The molecule has 1 heterocycles. The lowest BCUT2D eigenvalue weighted by Crippen LogP contribution is -2.39. The van der Waals surface area contributed by atoms with Crippen molar-refractivity contribution in [1.29, 1.82) is 0 Å². The molecular formula is C14H18N2O3S. The number of hydrogen-bond donors (Lipinski definition) is 3. The highest BCUT2D eigenvalue weighted by atomic mass is 32.2. The van der Waals surface area contributed by atoms with E-state index in [4.69, 9.17) is 5.11 Å². The van der Waals surface area contributed by atoms with Gasteiger partial charge in [0.25, 0.3) is 0 Å². The van der Waals surface area contributed by atoms with Gasteiger partial charge in [-0.05, 0) is 24.6 Å². The minimum Gasteiger partial charge on any atom is -0.478 e. The highest BCUT2D eigenvalue weighted by Crippen LogP contribution is 2.18. The Balaban J connectivity index is 1.99. The second kappa shape index (κ2) is 6.76. The van der Waals surface area contributed by atoms with Crippen LogP contribution >= 0.6 is 11.8 Å². The molecule has 1 saturated heterocycles. The summed E-state index contributed by atoms with van der Waals surface area (Å²) in [5.74, 6) is 0.931. The second-order valence-electron chi connectivity index (χ2n) is 4.81. The third-order valence-corrected chi connectivity index (χ3v) is 4.32. The molecule has 0 aliphatic carbocycles. The predicted molar refractivity (Wildman–Crippen MR) is 80.5 cm³/mol. The molecule has 6 heteroatoms. The van der Waals surface area contributed by atoms with Crippen molar-refractivity contribution in [2.75, 3.05) is 23.4 Å². The highest BCUT2D eigenvalue weighted by molar-refractivity contribution is 7.99. The largest absolute Gasteiger partial charge is 0.478 e. The smallest absolute Gasteiger partial charge is 0.335 e. The molecule has 1 atom stereocenters. The molecular weight excluding hydrogens is 276 g/mol. The number of aryl methyl sites for hydroxylation is 1. The number of benzene rings is 1. The Morgan fingerprint density at radius 2 is 2.30 bits per heavy atom. The van der Waals surface area contributed by atoms with Crippen molar-refractivity contribution < 1.29 is 14.7 Å². The van der Waals surface area contributed by atoms with E-state index in [0.717, 1.165) is 23.6 Å². The van der Waals surface area contributed by atoms with Gasteiger partial charge in [0.1, 0.15) is 0 Å². The normalized spacial score (nSPS) is 18.6. The molecule has 1 aromatic rings. The second-order valence-corrected chi connectivity index (χ2v) is 5.96. The third-order valence-electron chi connectivity index (χ3n) is 3.19. The standard InChI is InChI=1S/C14H18N2O3S/c1-9-2-3-10(14(18)19)6-12(9)16-13(17)7-11-8-20-5-4-15-11/h2-3,6,11,15H,4-5,7-8H2,1H3,(H,16,17)(H,18,19). The van der Waals surface area contributed by atoms with E-state index in [0.29, 0.717) is 12.1 Å². The van der Waals surface area contributed by atoms with Gasteiger partial charge in [0.2, 0.25) is 5.91 Å². The average Bonchev–Trinajstić information content (AvgIpc) is 2.42. The van der Waals surface area contributed by atoms with Crippen LogP contribution in [-0.4, -0.2) is 41.1 Å². The van der Waals surface area contributed by atoms with Gasteiger partial charge in [0, 0.05) is 36.2 Å². The lowest BCUT2D eigenvalue weighted by Gasteiger charge is -2.22. The van der Waals surface area contributed by atoms with Gasteiger partial charge >= 0.3 is 5.97 Å². The van der Waals surface area contributed by atoms with Gasteiger partial charge in [-0.15, -0.1) is 0 Å². The van der Waals surface area contributed by atoms with Crippen molar-refractivity contribution in [3.63, 3.8) is 0 Å². The number of carbonyl (C=O) groups excluding carboxylic acids is 1. The van der Waals surface area contributed by atoms with Gasteiger partial charge in [0.05, 0.1) is 5.56 Å². The van der Waals surface area contributed by atoms with Gasteiger partial charge in [-0.3, -0.25) is 4.79 Å². The molecule has 5 nitrogen and oxygen atoms in total. The maximum atomic E-state index is 12.0. The van der Waals surface area contributed by atoms with Crippen molar-refractivity contribution in [3.05, 3.63) is 29.3 Å². The van der Waals surface area contributed by atoms with Gasteiger partial charge in [0.15, 0.2) is 0 Å². The van der Waals surface area contributed by atoms with E-state index in [1.54, 1.807) is 6.07 Å². The fourth-order valence-corrected chi connectivity index (χ4v) is 3.01. The maximum absolute atomic E-state index is 12.0. The number of aromatic carboxylic acids is 1. The monoisotopic (exact) mass is 294 g/mol. The van der Waals surface area contributed by atoms with Crippen LogP contribution in [-0.2, 0) is 4.79 Å². The molecule has 0 bridgehead atoms. The average molecular weight is 294 g/mol. The summed E-state index contributed by atoms with van der Waals surface area (Å²) >= 11 is 1.84. The maximum Gasteiger partial charge on any atom is 0.335 e. The van der Waals surface area contributed by atoms with Crippen LogP contribution in [0.5, 0.6) is 0 Å². The number of anilines is 1. The fourth-order valence-electron chi connectivity index (χ4n) is 2.07. The van der Waals surface area contributed by atoms with E-state index in [1.165, 1.54) is 12.1 Å². The molecule has 0 radical (unpaired) electrons. The molecule has 2 rings (SSSR count). The summed E-state index contributed by atoms with van der Waals surface area (Å²) in [6.45, 7) is 2.77. The summed E-state index contributed by atoms with van der Waals surface area (Å²) in [5, 5.41) is 15.1. The summed E-state index contributed by atoms with van der Waals surface area (Å²) in [6, 6.07) is 4.93. The van der Waals surface area contributed by atoms with Crippen LogP contribution in [0.25, 0.3) is 0 Å². The Bertz CT molecular complexity index is 513. The zero-order valence-corrected chi connectivity index (χ0v) is 12.1. The van der Waals surface area contributed by atoms with Crippen LogP contribution in [0.4, 0.5) is 5.69 Å². The van der Waals surface area contributed by atoms with E-state index < -0.39 is 5.97 Å². The summed E-state index contributed by atoms with van der Waals surface area (Å²) in [4.78, 5) is 22.9. The summed E-state index contributed by atoms with van der Waals surface area (Å²) in [7, 11) is 0. The molecule has 0 spiro atoms. The fraction of sp³-hybridized carbons (Fsp3) is 0.429. The van der Waals surface area contributed by atoms with Crippen LogP contribution in [0.1, 0.15) is 22.3 Å². The first kappa shape index (κ1) is 14.9. The van der Waals surface area contributed by atoms with Gasteiger partial charge in [-0.2, -0.15) is 11.8 Å². The van der Waals surface area contributed by atoms with E-state index in [1.807, 2.05) is 18.7 Å². The van der Waals surface area contributed by atoms with E-state index in [-0.39, 0.29) is 17.5 Å². The number of thioether (sulfide) groups is 1. The SMILES string of the molecule is Cc1ccc(C(=O)O)cc1NC(=O)CC1CSCCN1. The van der Waals surface area contributed by atoms with E-state index in [2.05, 4.69) is 10.6 Å². The number of hydrogen-bond acceptors (Lipinski definition) is 4. The van der Waals surface area contributed by atoms with Crippen LogP contribution < -0.4 is 10.6 Å². The Morgan fingerprint density at radius 3 is 2.95 bits per heavy atom. The molecule has 108 valence electrons. The van der Waals surface area contributed by atoms with Crippen LogP contribution in [0.3, 0.4) is 0 Å². The highest BCUT2D eigenvalue weighted by Gasteiger charge is 2.17. The van der Waals surface area contributed by atoms with Gasteiger partial charge in [-0.25, -0.2) is 4.79 Å². The topological polar surface area (TPSA) is 78.4 Å². The van der Waals surface area contributed by atoms with Crippen molar-refractivity contribution in [1.82, 2.24) is 5.32 Å². The Hall–Kier alpha value is -1.53. The third kappa shape index (κ3) is 3.98. The number of carboxylic acids is 1.